The van der Waals surface area contributed by atoms with Crippen LogP contribution in [0.3, 0.4) is 0 Å². The van der Waals surface area contributed by atoms with Gasteiger partial charge in [-0.05, 0) is 52.5 Å². The molecule has 1 atom stereocenters. The van der Waals surface area contributed by atoms with Gasteiger partial charge in [0.15, 0.2) is 0 Å². The van der Waals surface area contributed by atoms with Crippen molar-refractivity contribution in [3.63, 3.8) is 0 Å². The number of rotatable bonds is 5. The molecule has 5 nitrogen and oxygen atoms in total. The number of ether oxygens (including phenoxy) is 1. The van der Waals surface area contributed by atoms with E-state index in [0.29, 0.717) is 23.9 Å². The zero-order chi connectivity index (χ0) is 15.6. The molecular weight excluding hydrogens is 266 g/mol. The molecule has 114 valence electrons. The van der Waals surface area contributed by atoms with Crippen LogP contribution in [0, 0.1) is 17.2 Å². The summed E-state index contributed by atoms with van der Waals surface area (Å²) in [6.45, 7) is 8.48. The highest BCUT2D eigenvalue weighted by Crippen LogP contribution is 2.29. The Labute approximate surface area is 125 Å². The van der Waals surface area contributed by atoms with Crippen LogP contribution in [0.5, 0.6) is 0 Å². The van der Waals surface area contributed by atoms with Gasteiger partial charge in [0.05, 0.1) is 12.2 Å². The maximum Gasteiger partial charge on any atom is 0.254 e. The normalized spacial score (nSPS) is 16.3. The van der Waals surface area contributed by atoms with E-state index in [1.54, 1.807) is 19.2 Å². The lowest BCUT2D eigenvalue weighted by molar-refractivity contribution is -0.126. The molecule has 0 spiro atoms. The van der Waals surface area contributed by atoms with Crippen molar-refractivity contribution in [2.24, 2.45) is 5.92 Å². The van der Waals surface area contributed by atoms with Gasteiger partial charge in [0.25, 0.3) is 5.91 Å². The number of amides is 1. The smallest absolute Gasteiger partial charge is 0.254 e. The van der Waals surface area contributed by atoms with Crippen LogP contribution in [0.4, 0.5) is 5.82 Å². The predicted molar refractivity (Wildman–Crippen MR) is 80.9 cm³/mol. The molecule has 2 rings (SSSR count). The first-order valence-corrected chi connectivity index (χ1v) is 7.36. The maximum atomic E-state index is 12.2. The number of carbonyl (C=O) groups is 1. The van der Waals surface area contributed by atoms with Gasteiger partial charge in [-0.3, -0.25) is 4.79 Å². The fourth-order valence-electron chi connectivity index (χ4n) is 2.04. The Bertz CT molecular complexity index is 559. The molecule has 0 bridgehead atoms. The molecule has 0 radical (unpaired) electrons. The van der Waals surface area contributed by atoms with Crippen molar-refractivity contribution in [1.29, 1.82) is 5.26 Å². The van der Waals surface area contributed by atoms with Crippen molar-refractivity contribution < 1.29 is 9.53 Å². The van der Waals surface area contributed by atoms with E-state index in [2.05, 4.69) is 11.4 Å². The van der Waals surface area contributed by atoms with Crippen LogP contribution in [0.15, 0.2) is 12.3 Å². The van der Waals surface area contributed by atoms with Gasteiger partial charge in [0, 0.05) is 11.7 Å². The molecule has 1 aliphatic rings. The minimum atomic E-state index is -0.487. The highest BCUT2D eigenvalue weighted by molar-refractivity contribution is 5.93. The summed E-state index contributed by atoms with van der Waals surface area (Å²) in [5.74, 6) is 1.08. The molecule has 21 heavy (non-hydrogen) atoms. The van der Waals surface area contributed by atoms with Crippen molar-refractivity contribution in [3.8, 4) is 6.07 Å². The van der Waals surface area contributed by atoms with Gasteiger partial charge in [-0.1, -0.05) is 0 Å². The lowest BCUT2D eigenvalue weighted by atomic mass is 10.1. The molecule has 0 aliphatic heterocycles. The molecule has 1 heterocycles. The van der Waals surface area contributed by atoms with Crippen LogP contribution < -0.4 is 5.32 Å². The Hall–Kier alpha value is -1.80. The number of carbonyl (C=O) groups excluding carboxylic acids is 1. The van der Waals surface area contributed by atoms with Gasteiger partial charge in [-0.2, -0.15) is 5.26 Å². The van der Waals surface area contributed by atoms with Crippen molar-refractivity contribution in [2.45, 2.75) is 52.2 Å². The molecule has 1 fully saturated rings. The number of anilines is 1. The third-order valence-corrected chi connectivity index (χ3v) is 3.57. The van der Waals surface area contributed by atoms with Crippen LogP contribution in [-0.2, 0) is 15.1 Å². The summed E-state index contributed by atoms with van der Waals surface area (Å²) < 4.78 is 7.47. The minimum absolute atomic E-state index is 0.177. The minimum Gasteiger partial charge on any atom is -0.368 e. The van der Waals surface area contributed by atoms with Crippen LogP contribution >= 0.6 is 0 Å². The van der Waals surface area contributed by atoms with E-state index in [-0.39, 0.29) is 11.4 Å². The molecule has 0 saturated heterocycles. The first kappa shape index (κ1) is 15.6. The van der Waals surface area contributed by atoms with E-state index in [1.807, 2.05) is 25.3 Å². The van der Waals surface area contributed by atoms with Crippen molar-refractivity contribution in [2.75, 3.05) is 11.9 Å². The SMILES string of the molecule is C[C@@H](OCC1CC1)C(=O)Nc1cc(C#N)cn1C(C)(C)C. The van der Waals surface area contributed by atoms with E-state index in [9.17, 15) is 4.79 Å². The zero-order valence-electron chi connectivity index (χ0n) is 13.1. The number of hydrogen-bond acceptors (Lipinski definition) is 3. The van der Waals surface area contributed by atoms with Crippen LogP contribution in [0.1, 0.15) is 46.1 Å². The van der Waals surface area contributed by atoms with E-state index in [4.69, 9.17) is 10.00 Å². The summed E-state index contributed by atoms with van der Waals surface area (Å²) in [4.78, 5) is 12.2. The van der Waals surface area contributed by atoms with Gasteiger partial charge in [-0.25, -0.2) is 0 Å². The molecule has 1 amide bonds. The second-order valence-corrected chi connectivity index (χ2v) is 6.67. The lowest BCUT2D eigenvalue weighted by Crippen LogP contribution is -2.31. The van der Waals surface area contributed by atoms with Gasteiger partial charge < -0.3 is 14.6 Å². The molecule has 1 saturated carbocycles. The summed E-state index contributed by atoms with van der Waals surface area (Å²) in [7, 11) is 0. The fourth-order valence-corrected chi connectivity index (χ4v) is 2.04. The number of aromatic nitrogens is 1. The second kappa shape index (κ2) is 5.90. The second-order valence-electron chi connectivity index (χ2n) is 6.67. The molecular formula is C16H23N3O2. The van der Waals surface area contributed by atoms with E-state index in [1.165, 1.54) is 12.8 Å². The van der Waals surface area contributed by atoms with Crippen molar-refractivity contribution >= 4 is 11.7 Å². The van der Waals surface area contributed by atoms with E-state index in [0.717, 1.165) is 0 Å². The van der Waals surface area contributed by atoms with E-state index < -0.39 is 6.10 Å². The quantitative estimate of drug-likeness (QED) is 0.906. The summed E-state index contributed by atoms with van der Waals surface area (Å²) >= 11 is 0. The molecule has 0 unspecified atom stereocenters. The number of nitrogens with zero attached hydrogens (tertiary/aromatic N) is 2. The highest BCUT2D eigenvalue weighted by Gasteiger charge is 2.25. The Morgan fingerprint density at radius 2 is 2.24 bits per heavy atom. The average Bonchev–Trinajstić information content (AvgIpc) is 3.14. The number of nitrogens with one attached hydrogen (secondary N) is 1. The first-order chi connectivity index (χ1) is 9.81. The molecule has 1 aromatic rings. The van der Waals surface area contributed by atoms with Crippen molar-refractivity contribution in [3.05, 3.63) is 17.8 Å². The van der Waals surface area contributed by atoms with Gasteiger partial charge in [0.1, 0.15) is 18.0 Å². The summed E-state index contributed by atoms with van der Waals surface area (Å²) in [5, 5.41) is 11.9. The predicted octanol–water partition coefficient (Wildman–Crippen LogP) is 2.87. The Morgan fingerprint density at radius 3 is 2.76 bits per heavy atom. The topological polar surface area (TPSA) is 67.0 Å². The average molecular weight is 289 g/mol. The number of nitriles is 1. The Kier molecular flexibility index (Phi) is 4.38. The van der Waals surface area contributed by atoms with Crippen LogP contribution in [-0.4, -0.2) is 23.2 Å². The molecule has 5 heteroatoms. The summed E-state index contributed by atoms with van der Waals surface area (Å²) in [6.07, 6.45) is 3.67. The standard InChI is InChI=1S/C16H23N3O2/c1-11(21-10-12-5-6-12)15(20)18-14-7-13(8-17)9-19(14)16(2,3)4/h7,9,11-12H,5-6,10H2,1-4H3,(H,18,20)/t11-/m1/s1. The fraction of sp³-hybridized carbons (Fsp3) is 0.625. The van der Waals surface area contributed by atoms with E-state index >= 15 is 0 Å². The molecule has 1 aliphatic carbocycles. The van der Waals surface area contributed by atoms with Gasteiger partial charge in [-0.15, -0.1) is 0 Å². The molecule has 0 aromatic carbocycles. The monoisotopic (exact) mass is 289 g/mol. The number of hydrogen-bond donors (Lipinski definition) is 1. The largest absolute Gasteiger partial charge is 0.368 e. The molecule has 1 N–H and O–H groups in total. The zero-order valence-corrected chi connectivity index (χ0v) is 13.1. The van der Waals surface area contributed by atoms with Gasteiger partial charge >= 0.3 is 0 Å². The molecule has 1 aromatic heterocycles. The Balaban J connectivity index is 2.05. The van der Waals surface area contributed by atoms with Crippen LogP contribution in [0.25, 0.3) is 0 Å². The summed E-state index contributed by atoms with van der Waals surface area (Å²) in [6, 6.07) is 3.80. The highest BCUT2D eigenvalue weighted by atomic mass is 16.5. The summed E-state index contributed by atoms with van der Waals surface area (Å²) in [5.41, 5.74) is 0.322. The third kappa shape index (κ3) is 4.08. The lowest BCUT2D eigenvalue weighted by Gasteiger charge is -2.25. The first-order valence-electron chi connectivity index (χ1n) is 7.36. The van der Waals surface area contributed by atoms with Gasteiger partial charge in [0.2, 0.25) is 0 Å². The maximum absolute atomic E-state index is 12.2. The third-order valence-electron chi connectivity index (χ3n) is 3.57. The Morgan fingerprint density at radius 1 is 1.57 bits per heavy atom. The van der Waals surface area contributed by atoms with Crippen LogP contribution in [0.2, 0.25) is 0 Å². The van der Waals surface area contributed by atoms with Crippen molar-refractivity contribution in [1.82, 2.24) is 4.57 Å².